The molecule has 1 atom stereocenters. The van der Waals surface area contributed by atoms with Crippen LogP contribution in [-0.2, 0) is 12.8 Å². The molecule has 0 amide bonds. The average Bonchev–Trinajstić information content (AvgIpc) is 2.44. The van der Waals surface area contributed by atoms with Crippen LogP contribution >= 0.6 is 11.6 Å². The zero-order chi connectivity index (χ0) is 15.2. The van der Waals surface area contributed by atoms with Crippen LogP contribution in [0.15, 0.2) is 42.5 Å². The van der Waals surface area contributed by atoms with Crippen molar-refractivity contribution in [3.05, 3.63) is 69.7 Å². The van der Waals surface area contributed by atoms with Crippen molar-refractivity contribution in [2.24, 2.45) is 0 Å². The molecule has 0 bridgehead atoms. The number of hydrogen-bond acceptors (Lipinski definition) is 1. The quantitative estimate of drug-likeness (QED) is 0.814. The van der Waals surface area contributed by atoms with Gasteiger partial charge in [-0.3, -0.25) is 0 Å². The first-order valence-electron chi connectivity index (χ1n) is 7.62. The molecule has 0 aliphatic carbocycles. The molecular weight excluding hydrogens is 278 g/mol. The van der Waals surface area contributed by atoms with E-state index in [1.807, 2.05) is 6.07 Å². The Labute approximate surface area is 133 Å². The molecule has 1 nitrogen and oxygen atoms in total. The third kappa shape index (κ3) is 4.87. The summed E-state index contributed by atoms with van der Waals surface area (Å²) in [7, 11) is 0. The first-order chi connectivity index (χ1) is 10.1. The Bertz CT molecular complexity index is 575. The molecule has 2 aromatic carbocycles. The van der Waals surface area contributed by atoms with Crippen LogP contribution in [0.25, 0.3) is 0 Å². The fourth-order valence-corrected chi connectivity index (χ4v) is 2.91. The molecule has 2 aromatic rings. The lowest BCUT2D eigenvalue weighted by molar-refractivity contribution is 0.521. The number of hydrogen-bond donors (Lipinski definition) is 1. The van der Waals surface area contributed by atoms with E-state index in [0.717, 1.165) is 24.4 Å². The van der Waals surface area contributed by atoms with Gasteiger partial charge in [0, 0.05) is 11.1 Å². The fourth-order valence-electron chi connectivity index (χ4n) is 2.60. The summed E-state index contributed by atoms with van der Waals surface area (Å²) in [5.41, 5.74) is 5.11. The molecule has 0 aromatic heterocycles. The number of aryl methyl sites for hydroxylation is 2. The molecule has 1 N–H and O–H groups in total. The van der Waals surface area contributed by atoms with E-state index in [1.54, 1.807) is 0 Å². The molecule has 0 saturated carbocycles. The monoisotopic (exact) mass is 301 g/mol. The Kier molecular flexibility index (Phi) is 5.84. The Morgan fingerprint density at radius 1 is 0.952 bits per heavy atom. The average molecular weight is 302 g/mol. The second-order valence-corrected chi connectivity index (χ2v) is 6.15. The molecule has 2 heteroatoms. The van der Waals surface area contributed by atoms with Gasteiger partial charge < -0.3 is 5.32 Å². The summed E-state index contributed by atoms with van der Waals surface area (Å²) in [6, 6.07) is 15.5. The van der Waals surface area contributed by atoms with Crippen LogP contribution in [0.3, 0.4) is 0 Å². The van der Waals surface area contributed by atoms with Crippen molar-refractivity contribution < 1.29 is 0 Å². The second kappa shape index (κ2) is 7.63. The first kappa shape index (κ1) is 16.1. The molecule has 0 saturated heterocycles. The highest BCUT2D eigenvalue weighted by Gasteiger charge is 2.11. The summed E-state index contributed by atoms with van der Waals surface area (Å²) in [6.07, 6.45) is 1.99. The predicted octanol–water partition coefficient (Wildman–Crippen LogP) is 4.72. The number of rotatable bonds is 6. The smallest absolute Gasteiger partial charge is 0.0441 e. The van der Waals surface area contributed by atoms with Gasteiger partial charge in [0.15, 0.2) is 0 Å². The summed E-state index contributed by atoms with van der Waals surface area (Å²) in [6.45, 7) is 7.32. The van der Waals surface area contributed by atoms with Crippen LogP contribution in [0, 0.1) is 13.8 Å². The third-order valence-electron chi connectivity index (χ3n) is 3.77. The number of benzene rings is 2. The lowest BCUT2D eigenvalue weighted by Crippen LogP contribution is -2.33. The molecule has 2 rings (SSSR count). The van der Waals surface area contributed by atoms with E-state index in [1.165, 1.54) is 22.3 Å². The van der Waals surface area contributed by atoms with Crippen molar-refractivity contribution in [2.45, 2.75) is 39.7 Å². The minimum atomic E-state index is 0.415. The highest BCUT2D eigenvalue weighted by molar-refractivity contribution is 6.31. The van der Waals surface area contributed by atoms with Gasteiger partial charge in [-0.2, -0.15) is 0 Å². The lowest BCUT2D eigenvalue weighted by Gasteiger charge is -2.19. The SMILES string of the molecule is CCNC(Cc1ccc(C)cc1)Cc1ccc(C)cc1Cl. The zero-order valence-electron chi connectivity index (χ0n) is 13.1. The maximum absolute atomic E-state index is 6.37. The largest absolute Gasteiger partial charge is 0.314 e. The van der Waals surface area contributed by atoms with Gasteiger partial charge in [0.25, 0.3) is 0 Å². The standard InChI is InChI=1S/C19H24ClN/c1-4-21-18(12-16-8-5-14(2)6-9-16)13-17-10-7-15(3)11-19(17)20/h5-11,18,21H,4,12-13H2,1-3H3. The van der Waals surface area contributed by atoms with Crippen molar-refractivity contribution in [3.63, 3.8) is 0 Å². The molecule has 1 unspecified atom stereocenters. The van der Waals surface area contributed by atoms with Gasteiger partial charge in [-0.05, 0) is 56.0 Å². The van der Waals surface area contributed by atoms with Gasteiger partial charge in [-0.25, -0.2) is 0 Å². The third-order valence-corrected chi connectivity index (χ3v) is 4.12. The Morgan fingerprint density at radius 3 is 2.24 bits per heavy atom. The number of likely N-dealkylation sites (N-methyl/N-ethyl adjacent to an activating group) is 1. The van der Waals surface area contributed by atoms with Crippen LogP contribution in [0.1, 0.15) is 29.2 Å². The Morgan fingerprint density at radius 2 is 1.62 bits per heavy atom. The molecule has 112 valence electrons. The van der Waals surface area contributed by atoms with Crippen molar-refractivity contribution in [1.82, 2.24) is 5.32 Å². The zero-order valence-corrected chi connectivity index (χ0v) is 13.9. The summed E-state index contributed by atoms with van der Waals surface area (Å²) in [5, 5.41) is 4.45. The van der Waals surface area contributed by atoms with Gasteiger partial charge in [-0.1, -0.05) is 60.5 Å². The highest BCUT2D eigenvalue weighted by atomic mass is 35.5. The summed E-state index contributed by atoms with van der Waals surface area (Å²) < 4.78 is 0. The van der Waals surface area contributed by atoms with E-state index < -0.39 is 0 Å². The summed E-state index contributed by atoms with van der Waals surface area (Å²) in [5.74, 6) is 0. The molecule has 21 heavy (non-hydrogen) atoms. The van der Waals surface area contributed by atoms with E-state index in [-0.39, 0.29) is 0 Å². The van der Waals surface area contributed by atoms with E-state index in [4.69, 9.17) is 11.6 Å². The molecule has 0 heterocycles. The molecule has 0 spiro atoms. The Balaban J connectivity index is 2.09. The molecule has 0 aliphatic rings. The predicted molar refractivity (Wildman–Crippen MR) is 92.2 cm³/mol. The maximum atomic E-state index is 6.37. The van der Waals surface area contributed by atoms with Crippen LogP contribution in [0.4, 0.5) is 0 Å². The number of nitrogens with one attached hydrogen (secondary N) is 1. The molecular formula is C19H24ClN. The lowest BCUT2D eigenvalue weighted by atomic mass is 9.97. The fraction of sp³-hybridized carbons (Fsp3) is 0.368. The first-order valence-corrected chi connectivity index (χ1v) is 8.00. The van der Waals surface area contributed by atoms with Crippen molar-refractivity contribution in [3.8, 4) is 0 Å². The van der Waals surface area contributed by atoms with Crippen LogP contribution in [-0.4, -0.2) is 12.6 Å². The van der Waals surface area contributed by atoms with Crippen molar-refractivity contribution in [2.75, 3.05) is 6.54 Å². The van der Waals surface area contributed by atoms with Gasteiger partial charge in [-0.15, -0.1) is 0 Å². The number of halogens is 1. The second-order valence-electron chi connectivity index (χ2n) is 5.74. The normalized spacial score (nSPS) is 12.4. The van der Waals surface area contributed by atoms with Crippen LogP contribution in [0.2, 0.25) is 5.02 Å². The summed E-state index contributed by atoms with van der Waals surface area (Å²) in [4.78, 5) is 0. The molecule has 0 radical (unpaired) electrons. The maximum Gasteiger partial charge on any atom is 0.0441 e. The van der Waals surface area contributed by atoms with Gasteiger partial charge in [0.2, 0.25) is 0 Å². The van der Waals surface area contributed by atoms with E-state index in [2.05, 4.69) is 62.5 Å². The Hall–Kier alpha value is -1.31. The molecule has 0 aliphatic heterocycles. The minimum absolute atomic E-state index is 0.415. The minimum Gasteiger partial charge on any atom is -0.314 e. The summed E-state index contributed by atoms with van der Waals surface area (Å²) >= 11 is 6.37. The van der Waals surface area contributed by atoms with Gasteiger partial charge >= 0.3 is 0 Å². The van der Waals surface area contributed by atoms with Crippen molar-refractivity contribution >= 4 is 11.6 Å². The van der Waals surface area contributed by atoms with E-state index in [9.17, 15) is 0 Å². The topological polar surface area (TPSA) is 12.0 Å². The van der Waals surface area contributed by atoms with E-state index in [0.29, 0.717) is 6.04 Å². The molecule has 0 fully saturated rings. The van der Waals surface area contributed by atoms with Gasteiger partial charge in [0.05, 0.1) is 0 Å². The van der Waals surface area contributed by atoms with Crippen LogP contribution < -0.4 is 5.32 Å². The van der Waals surface area contributed by atoms with Crippen molar-refractivity contribution in [1.29, 1.82) is 0 Å². The van der Waals surface area contributed by atoms with Gasteiger partial charge in [0.1, 0.15) is 0 Å². The van der Waals surface area contributed by atoms with Crippen LogP contribution in [0.5, 0.6) is 0 Å². The van der Waals surface area contributed by atoms with E-state index >= 15 is 0 Å². The highest BCUT2D eigenvalue weighted by Crippen LogP contribution is 2.20.